The molecule has 2 saturated heterocycles. The van der Waals surface area contributed by atoms with Crippen LogP contribution in [0.2, 0.25) is 5.02 Å². The van der Waals surface area contributed by atoms with Crippen LogP contribution in [0.4, 0.5) is 0 Å². The van der Waals surface area contributed by atoms with Gasteiger partial charge < -0.3 is 10.2 Å². The van der Waals surface area contributed by atoms with Gasteiger partial charge in [-0.15, -0.1) is 0 Å². The fraction of sp³-hybridized carbons (Fsp3) is 0.647. The lowest BCUT2D eigenvalue weighted by molar-refractivity contribution is 0.0563. The second-order valence-corrected chi connectivity index (χ2v) is 6.79. The average Bonchev–Trinajstić information content (AvgIpc) is 2.50. The number of likely N-dealkylation sites (tertiary alicyclic amines) is 1. The Hall–Kier alpha value is -0.570. The Balaban J connectivity index is 1.82. The van der Waals surface area contributed by atoms with Crippen molar-refractivity contribution in [2.24, 2.45) is 5.41 Å². The van der Waals surface area contributed by atoms with Crippen LogP contribution in [0.25, 0.3) is 0 Å². The van der Waals surface area contributed by atoms with Gasteiger partial charge >= 0.3 is 0 Å². The molecule has 0 aliphatic carbocycles. The Morgan fingerprint density at radius 1 is 1.20 bits per heavy atom. The summed E-state index contributed by atoms with van der Waals surface area (Å²) in [5.74, 6) is 0.646. The molecule has 2 heterocycles. The number of piperidine rings is 2. The number of rotatable bonds is 2. The first-order chi connectivity index (χ1) is 9.73. The molecule has 1 N–H and O–H groups in total. The molecule has 1 spiro atoms. The van der Waals surface area contributed by atoms with Gasteiger partial charge in [0.15, 0.2) is 0 Å². The summed E-state index contributed by atoms with van der Waals surface area (Å²) in [6.45, 7) is 8.29. The highest BCUT2D eigenvalue weighted by atomic mass is 35.5. The fourth-order valence-electron chi connectivity index (χ4n) is 4.05. The molecule has 0 radical (unpaired) electrons. The van der Waals surface area contributed by atoms with E-state index in [2.05, 4.69) is 29.3 Å². The monoisotopic (exact) mass is 292 g/mol. The summed E-state index contributed by atoms with van der Waals surface area (Å²) in [5, 5.41) is 4.44. The maximum atomic E-state index is 6.04. The molecule has 2 aliphatic heterocycles. The van der Waals surface area contributed by atoms with E-state index in [0.29, 0.717) is 11.3 Å². The highest BCUT2D eigenvalue weighted by molar-refractivity contribution is 6.30. The lowest BCUT2D eigenvalue weighted by atomic mass is 9.63. The summed E-state index contributed by atoms with van der Waals surface area (Å²) in [5.41, 5.74) is 1.97. The molecule has 0 aromatic heterocycles. The second kappa shape index (κ2) is 6.05. The van der Waals surface area contributed by atoms with Crippen molar-refractivity contribution in [3.63, 3.8) is 0 Å². The second-order valence-electron chi connectivity index (χ2n) is 6.35. The van der Waals surface area contributed by atoms with Crippen LogP contribution < -0.4 is 5.32 Å². The van der Waals surface area contributed by atoms with E-state index in [1.54, 1.807) is 0 Å². The molecular weight excluding hydrogens is 268 g/mol. The lowest BCUT2D eigenvalue weighted by Crippen LogP contribution is -2.50. The van der Waals surface area contributed by atoms with Crippen LogP contribution in [0.5, 0.6) is 0 Å². The fourth-order valence-corrected chi connectivity index (χ4v) is 4.18. The predicted octanol–water partition coefficient (Wildman–Crippen LogP) is 3.52. The number of hydrogen-bond donors (Lipinski definition) is 1. The van der Waals surface area contributed by atoms with E-state index in [1.165, 1.54) is 51.0 Å². The van der Waals surface area contributed by atoms with Gasteiger partial charge in [-0.3, -0.25) is 0 Å². The molecule has 1 aromatic rings. The molecule has 0 amide bonds. The molecule has 2 nitrogen and oxygen atoms in total. The van der Waals surface area contributed by atoms with Crippen molar-refractivity contribution in [3.05, 3.63) is 34.9 Å². The van der Waals surface area contributed by atoms with Gasteiger partial charge in [0.05, 0.1) is 0 Å². The van der Waals surface area contributed by atoms with E-state index in [0.717, 1.165) is 11.6 Å². The third-order valence-corrected chi connectivity index (χ3v) is 5.71. The molecule has 3 heteroatoms. The van der Waals surface area contributed by atoms with Crippen LogP contribution in [-0.2, 0) is 0 Å². The van der Waals surface area contributed by atoms with Crippen LogP contribution in [0.1, 0.15) is 37.7 Å². The van der Waals surface area contributed by atoms with Gasteiger partial charge in [-0.1, -0.05) is 30.7 Å². The highest BCUT2D eigenvalue weighted by Crippen LogP contribution is 2.48. The quantitative estimate of drug-likeness (QED) is 0.897. The van der Waals surface area contributed by atoms with Crippen molar-refractivity contribution >= 4 is 11.6 Å². The minimum absolute atomic E-state index is 0.505. The predicted molar refractivity (Wildman–Crippen MR) is 85.5 cm³/mol. The zero-order chi connectivity index (χ0) is 14.0. The largest absolute Gasteiger partial charge is 0.316 e. The van der Waals surface area contributed by atoms with Crippen molar-refractivity contribution in [2.75, 3.05) is 32.7 Å². The molecule has 20 heavy (non-hydrogen) atoms. The normalized spacial score (nSPS) is 26.8. The molecule has 2 fully saturated rings. The van der Waals surface area contributed by atoms with Crippen molar-refractivity contribution < 1.29 is 0 Å². The van der Waals surface area contributed by atoms with Gasteiger partial charge in [-0.2, -0.15) is 0 Å². The van der Waals surface area contributed by atoms with Crippen LogP contribution >= 0.6 is 11.6 Å². The van der Waals surface area contributed by atoms with Crippen molar-refractivity contribution in [2.45, 2.75) is 32.1 Å². The van der Waals surface area contributed by atoms with Crippen LogP contribution in [0.15, 0.2) is 24.3 Å². The third-order valence-electron chi connectivity index (χ3n) is 5.46. The smallest absolute Gasteiger partial charge is 0.0406 e. The zero-order valence-corrected chi connectivity index (χ0v) is 13.1. The summed E-state index contributed by atoms with van der Waals surface area (Å²) in [7, 11) is 0. The molecule has 2 aliphatic rings. The van der Waals surface area contributed by atoms with Crippen LogP contribution in [-0.4, -0.2) is 37.6 Å². The summed E-state index contributed by atoms with van der Waals surface area (Å²) in [6.07, 6.45) is 4.00. The number of nitrogens with zero attached hydrogens (tertiary/aromatic N) is 1. The van der Waals surface area contributed by atoms with E-state index in [9.17, 15) is 0 Å². The minimum Gasteiger partial charge on any atom is -0.316 e. The van der Waals surface area contributed by atoms with Gasteiger partial charge in [-0.25, -0.2) is 0 Å². The van der Waals surface area contributed by atoms with E-state index in [4.69, 9.17) is 11.6 Å². The Bertz CT molecular complexity index is 435. The van der Waals surface area contributed by atoms with Crippen LogP contribution in [0.3, 0.4) is 0 Å². The lowest BCUT2D eigenvalue weighted by Gasteiger charge is -2.49. The minimum atomic E-state index is 0.505. The maximum Gasteiger partial charge on any atom is 0.0406 e. The van der Waals surface area contributed by atoms with Crippen molar-refractivity contribution in [3.8, 4) is 0 Å². The summed E-state index contributed by atoms with van der Waals surface area (Å²) in [6, 6.07) is 8.54. The standard InChI is InChI=1S/C17H25ClN2/c1-2-20-11-8-17(9-12-20)7-10-19-13-16(17)14-3-5-15(18)6-4-14/h3-6,16,19H,2,7-13H2,1H3. The summed E-state index contributed by atoms with van der Waals surface area (Å²) in [4.78, 5) is 2.59. The van der Waals surface area contributed by atoms with Gasteiger partial charge in [0.1, 0.15) is 0 Å². The Morgan fingerprint density at radius 2 is 1.90 bits per heavy atom. The molecule has 3 rings (SSSR count). The first kappa shape index (κ1) is 14.4. The Labute approximate surface area is 127 Å². The zero-order valence-electron chi connectivity index (χ0n) is 12.4. The number of benzene rings is 1. The summed E-state index contributed by atoms with van der Waals surface area (Å²) < 4.78 is 0. The first-order valence-electron chi connectivity index (χ1n) is 7.92. The summed E-state index contributed by atoms with van der Waals surface area (Å²) >= 11 is 6.04. The van der Waals surface area contributed by atoms with Gasteiger partial charge in [-0.05, 0) is 68.6 Å². The molecule has 1 unspecified atom stereocenters. The molecule has 1 atom stereocenters. The molecule has 110 valence electrons. The molecule has 0 bridgehead atoms. The Kier molecular flexibility index (Phi) is 4.34. The van der Waals surface area contributed by atoms with Crippen LogP contribution in [0, 0.1) is 5.41 Å². The Morgan fingerprint density at radius 3 is 2.55 bits per heavy atom. The number of hydrogen-bond acceptors (Lipinski definition) is 2. The van der Waals surface area contributed by atoms with Crippen molar-refractivity contribution in [1.82, 2.24) is 10.2 Å². The average molecular weight is 293 g/mol. The number of halogens is 1. The van der Waals surface area contributed by atoms with Crippen molar-refractivity contribution in [1.29, 1.82) is 0 Å². The van der Waals surface area contributed by atoms with Gasteiger partial charge in [0, 0.05) is 17.5 Å². The van der Waals surface area contributed by atoms with E-state index < -0.39 is 0 Å². The van der Waals surface area contributed by atoms with E-state index in [-0.39, 0.29) is 0 Å². The number of nitrogens with one attached hydrogen (secondary N) is 1. The molecular formula is C17H25ClN2. The third kappa shape index (κ3) is 2.74. The van der Waals surface area contributed by atoms with Gasteiger partial charge in [0.25, 0.3) is 0 Å². The van der Waals surface area contributed by atoms with E-state index >= 15 is 0 Å². The first-order valence-corrected chi connectivity index (χ1v) is 8.30. The van der Waals surface area contributed by atoms with Gasteiger partial charge in [0.2, 0.25) is 0 Å². The van der Waals surface area contributed by atoms with E-state index in [1.807, 2.05) is 12.1 Å². The highest BCUT2D eigenvalue weighted by Gasteiger charge is 2.43. The SMILES string of the molecule is CCN1CCC2(CCNCC2c2ccc(Cl)cc2)CC1. The topological polar surface area (TPSA) is 15.3 Å². The molecule has 1 aromatic carbocycles. The maximum absolute atomic E-state index is 6.04. The molecule has 0 saturated carbocycles.